The highest BCUT2D eigenvalue weighted by Gasteiger charge is 2.48. The number of aliphatic imine (C=N–C) groups is 1. The van der Waals surface area contributed by atoms with Gasteiger partial charge in [0.25, 0.3) is 5.91 Å². The lowest BCUT2D eigenvalue weighted by atomic mass is 9.82. The molecule has 2 aromatic rings. The molecule has 4 rings (SSSR count). The van der Waals surface area contributed by atoms with Gasteiger partial charge in [-0.3, -0.25) is 4.79 Å². The zero-order valence-corrected chi connectivity index (χ0v) is 15.1. The van der Waals surface area contributed by atoms with Crippen molar-refractivity contribution < 1.29 is 9.53 Å². The van der Waals surface area contributed by atoms with Gasteiger partial charge < -0.3 is 15.8 Å². The molecule has 0 radical (unpaired) electrons. The first kappa shape index (κ1) is 16.6. The Bertz CT molecular complexity index is 808. The van der Waals surface area contributed by atoms with Crippen LogP contribution in [0.25, 0.3) is 0 Å². The van der Waals surface area contributed by atoms with Crippen LogP contribution in [0.1, 0.15) is 21.8 Å². The van der Waals surface area contributed by atoms with Gasteiger partial charge in [-0.15, -0.1) is 11.3 Å². The van der Waals surface area contributed by atoms with Crippen molar-refractivity contribution in [2.75, 3.05) is 24.7 Å². The van der Waals surface area contributed by atoms with E-state index >= 15 is 0 Å². The Morgan fingerprint density at radius 2 is 2.20 bits per heavy atom. The number of anilines is 1. The molecule has 130 valence electrons. The fourth-order valence-corrected chi connectivity index (χ4v) is 5.25. The first-order valence-corrected chi connectivity index (χ1v) is 9.92. The average Bonchev–Trinajstić information content (AvgIpc) is 3.09. The van der Waals surface area contributed by atoms with E-state index in [0.29, 0.717) is 29.1 Å². The number of nitrogens with zero attached hydrogens (tertiary/aromatic N) is 2. The number of amides is 1. The second kappa shape index (κ2) is 6.78. The number of aromatic nitrogens is 1. The van der Waals surface area contributed by atoms with E-state index in [0.717, 1.165) is 23.8 Å². The number of carbonyl (C=O) groups is 1. The van der Waals surface area contributed by atoms with E-state index in [9.17, 15) is 4.79 Å². The van der Waals surface area contributed by atoms with Gasteiger partial charge in [0.15, 0.2) is 5.17 Å². The number of thiazole rings is 1. The zero-order chi connectivity index (χ0) is 17.3. The molecule has 1 saturated heterocycles. The summed E-state index contributed by atoms with van der Waals surface area (Å²) in [6, 6.07) is 9.14. The number of amidine groups is 1. The lowest BCUT2D eigenvalue weighted by Gasteiger charge is -2.42. The molecule has 3 heterocycles. The van der Waals surface area contributed by atoms with Crippen molar-refractivity contribution >= 4 is 40.0 Å². The van der Waals surface area contributed by atoms with Gasteiger partial charge in [-0.05, 0) is 18.6 Å². The first-order valence-electron chi connectivity index (χ1n) is 8.06. The molecular weight excluding hydrogens is 356 g/mol. The van der Waals surface area contributed by atoms with Gasteiger partial charge in [-0.2, -0.15) is 0 Å². The second-order valence-electron chi connectivity index (χ2n) is 6.09. The topological polar surface area (TPSA) is 89.6 Å². The summed E-state index contributed by atoms with van der Waals surface area (Å²) in [5, 5.41) is 6.24. The van der Waals surface area contributed by atoms with Crippen molar-refractivity contribution in [3.63, 3.8) is 0 Å². The van der Waals surface area contributed by atoms with Crippen molar-refractivity contribution in [2.24, 2.45) is 10.9 Å². The number of ether oxygens (including phenoxy) is 1. The second-order valence-corrected chi connectivity index (χ2v) is 7.95. The summed E-state index contributed by atoms with van der Waals surface area (Å²) >= 11 is 3.08. The molecule has 2 atom stereocenters. The molecular formula is C17H18N4O2S2. The molecule has 1 aromatic heterocycles. The van der Waals surface area contributed by atoms with Crippen molar-refractivity contribution in [3.8, 4) is 0 Å². The van der Waals surface area contributed by atoms with Crippen LogP contribution in [0.5, 0.6) is 0 Å². The summed E-state index contributed by atoms with van der Waals surface area (Å²) < 4.78 is 5.74. The minimum Gasteiger partial charge on any atom is -0.383 e. The molecule has 1 amide bonds. The average molecular weight is 374 g/mol. The van der Waals surface area contributed by atoms with E-state index in [4.69, 9.17) is 15.5 Å². The summed E-state index contributed by atoms with van der Waals surface area (Å²) in [4.78, 5) is 21.8. The number of hydrogen-bond donors (Lipinski definition) is 2. The van der Waals surface area contributed by atoms with Crippen LogP contribution in [0, 0.1) is 5.92 Å². The number of nitrogen functional groups attached to an aromatic ring is 1. The van der Waals surface area contributed by atoms with Crippen molar-refractivity contribution in [1.29, 1.82) is 0 Å². The number of thioether (sulfide) groups is 1. The number of nitrogens with two attached hydrogens (primary N) is 1. The third-order valence-electron chi connectivity index (χ3n) is 4.48. The fourth-order valence-electron chi connectivity index (χ4n) is 3.14. The van der Waals surface area contributed by atoms with Crippen molar-refractivity contribution in [1.82, 2.24) is 10.3 Å². The van der Waals surface area contributed by atoms with E-state index < -0.39 is 5.54 Å². The minimum atomic E-state index is -0.551. The summed E-state index contributed by atoms with van der Waals surface area (Å²) in [6.45, 7) is 1.20. The van der Waals surface area contributed by atoms with Crippen molar-refractivity contribution in [2.45, 2.75) is 12.0 Å². The minimum absolute atomic E-state index is 0.157. The summed E-state index contributed by atoms with van der Waals surface area (Å²) in [5.74, 6) is 1.54. The van der Waals surface area contributed by atoms with Gasteiger partial charge in [0.1, 0.15) is 16.4 Å². The standard InChI is InChI=1S/C17H18N4O2S2/c18-13-9-24-15(19-13)17-10-23-7-6-12(17)8-25-16(21-17)20-14(22)11-4-2-1-3-5-11/h1-5,9,12H,6-8,10,18H2,(H,20,21,22). The van der Waals surface area contributed by atoms with Gasteiger partial charge in [-0.25, -0.2) is 9.98 Å². The smallest absolute Gasteiger partial charge is 0.257 e. The van der Waals surface area contributed by atoms with E-state index in [1.54, 1.807) is 23.9 Å². The Kier molecular flexibility index (Phi) is 4.49. The number of fused-ring (bicyclic) bond motifs is 1. The summed E-state index contributed by atoms with van der Waals surface area (Å²) in [5.41, 5.74) is 5.89. The van der Waals surface area contributed by atoms with Gasteiger partial charge in [-0.1, -0.05) is 30.0 Å². The molecule has 1 aromatic carbocycles. The lowest BCUT2D eigenvalue weighted by Crippen LogP contribution is -2.48. The largest absolute Gasteiger partial charge is 0.383 e. The molecule has 0 aliphatic carbocycles. The quantitative estimate of drug-likeness (QED) is 0.843. The summed E-state index contributed by atoms with van der Waals surface area (Å²) in [6.07, 6.45) is 0.926. The molecule has 1 fully saturated rings. The number of nitrogens with one attached hydrogen (secondary N) is 1. The van der Waals surface area contributed by atoms with Gasteiger partial charge in [0.2, 0.25) is 0 Å². The highest BCUT2D eigenvalue weighted by Crippen LogP contribution is 2.45. The molecule has 6 nitrogen and oxygen atoms in total. The number of hydrogen-bond acceptors (Lipinski definition) is 7. The van der Waals surface area contributed by atoms with Crippen LogP contribution in [0.3, 0.4) is 0 Å². The molecule has 25 heavy (non-hydrogen) atoms. The fraction of sp³-hybridized carbons (Fsp3) is 0.353. The van der Waals surface area contributed by atoms with Crippen LogP contribution in [0.2, 0.25) is 0 Å². The molecule has 0 saturated carbocycles. The zero-order valence-electron chi connectivity index (χ0n) is 13.5. The van der Waals surface area contributed by atoms with E-state index in [2.05, 4.69) is 10.3 Å². The van der Waals surface area contributed by atoms with E-state index in [-0.39, 0.29) is 5.91 Å². The predicted molar refractivity (Wildman–Crippen MR) is 101 cm³/mol. The van der Waals surface area contributed by atoms with Crippen LogP contribution in [0.4, 0.5) is 5.82 Å². The predicted octanol–water partition coefficient (Wildman–Crippen LogP) is 2.49. The molecule has 2 unspecified atom stereocenters. The molecule has 2 aliphatic rings. The van der Waals surface area contributed by atoms with Gasteiger partial charge in [0, 0.05) is 29.2 Å². The van der Waals surface area contributed by atoms with Crippen LogP contribution in [-0.4, -0.2) is 35.0 Å². The van der Waals surface area contributed by atoms with Crippen LogP contribution in [-0.2, 0) is 10.3 Å². The van der Waals surface area contributed by atoms with Crippen LogP contribution in [0.15, 0.2) is 40.7 Å². The Hall–Kier alpha value is -1.90. The number of benzene rings is 1. The number of rotatable bonds is 2. The summed E-state index contributed by atoms with van der Waals surface area (Å²) in [7, 11) is 0. The monoisotopic (exact) mass is 374 g/mol. The highest BCUT2D eigenvalue weighted by molar-refractivity contribution is 8.13. The molecule has 2 aliphatic heterocycles. The lowest BCUT2D eigenvalue weighted by molar-refractivity contribution is 0.00436. The third kappa shape index (κ3) is 3.17. The Labute approximate surface area is 153 Å². The third-order valence-corrected chi connectivity index (χ3v) is 6.54. The van der Waals surface area contributed by atoms with Crippen molar-refractivity contribution in [3.05, 3.63) is 46.3 Å². The van der Waals surface area contributed by atoms with Gasteiger partial charge >= 0.3 is 0 Å². The van der Waals surface area contributed by atoms with Crippen LogP contribution >= 0.6 is 23.1 Å². The Balaban J connectivity index is 1.65. The maximum Gasteiger partial charge on any atom is 0.257 e. The normalized spacial score (nSPS) is 25.8. The first-order chi connectivity index (χ1) is 12.2. The number of carbonyl (C=O) groups excluding carboxylic acids is 1. The molecule has 0 bridgehead atoms. The highest BCUT2D eigenvalue weighted by atomic mass is 32.2. The van der Waals surface area contributed by atoms with E-state index in [1.165, 1.54) is 11.3 Å². The van der Waals surface area contributed by atoms with Crippen LogP contribution < -0.4 is 11.1 Å². The molecule has 3 N–H and O–H groups in total. The van der Waals surface area contributed by atoms with E-state index in [1.807, 2.05) is 23.6 Å². The maximum absolute atomic E-state index is 12.4. The SMILES string of the molecule is Nc1csc(C23COCCC2CSC(NC(=O)c2ccccc2)=N3)n1. The Morgan fingerprint density at radius 1 is 1.36 bits per heavy atom. The maximum atomic E-state index is 12.4. The van der Waals surface area contributed by atoms with Gasteiger partial charge in [0.05, 0.1) is 6.61 Å². The molecule has 8 heteroatoms. The molecule has 0 spiro atoms. The Morgan fingerprint density at radius 3 is 2.96 bits per heavy atom.